The molecule has 1 rings (SSSR count). The van der Waals surface area contributed by atoms with Crippen LogP contribution in [0.4, 0.5) is 0 Å². The average molecular weight is 163 g/mol. The summed E-state index contributed by atoms with van der Waals surface area (Å²) in [5.74, 6) is 0. The van der Waals surface area contributed by atoms with Crippen LogP contribution < -0.4 is 5.59 Å². The first kappa shape index (κ1) is 8.53. The Bertz CT molecular complexity index is 278. The summed E-state index contributed by atoms with van der Waals surface area (Å²) in [4.78, 5) is 0. The minimum absolute atomic E-state index is 0.823. The highest BCUT2D eigenvalue weighted by Crippen LogP contribution is 2.03. The summed E-state index contributed by atoms with van der Waals surface area (Å²) >= 11 is 4.83. The van der Waals surface area contributed by atoms with E-state index in [-0.39, 0.29) is 0 Å². The highest BCUT2D eigenvalue weighted by atomic mass is 32.1. The molecule has 1 heterocycles. The van der Waals surface area contributed by atoms with Crippen molar-refractivity contribution in [2.24, 2.45) is 0 Å². The Kier molecular flexibility index (Phi) is 2.50. The van der Waals surface area contributed by atoms with Gasteiger partial charge in [0.2, 0.25) is 0 Å². The van der Waals surface area contributed by atoms with Crippen LogP contribution in [0.5, 0.6) is 0 Å². The Hall–Kier alpha value is -0.565. The van der Waals surface area contributed by atoms with Crippen LogP contribution >= 0.6 is 12.2 Å². The predicted octanol–water partition coefficient (Wildman–Crippen LogP) is 0.958. The van der Waals surface area contributed by atoms with Crippen LogP contribution in [0.1, 0.15) is 18.1 Å². The van der Waals surface area contributed by atoms with Crippen molar-refractivity contribution in [1.82, 2.24) is 4.57 Å². The quantitative estimate of drug-likeness (QED) is 0.464. The molecule has 0 aromatic carbocycles. The molecular formula is C8H10BNS. The molecule has 1 aromatic rings. The van der Waals surface area contributed by atoms with Crippen molar-refractivity contribution in [3.05, 3.63) is 17.3 Å². The molecule has 0 unspecified atom stereocenters. The second-order valence-electron chi connectivity index (χ2n) is 2.50. The van der Waals surface area contributed by atoms with E-state index >= 15 is 0 Å². The van der Waals surface area contributed by atoms with Gasteiger partial charge in [-0.15, -0.1) is 0 Å². The fourth-order valence-electron chi connectivity index (χ4n) is 1.08. The van der Waals surface area contributed by atoms with Gasteiger partial charge in [-0.1, -0.05) is 12.2 Å². The third-order valence-electron chi connectivity index (χ3n) is 1.89. The van der Waals surface area contributed by atoms with Crippen LogP contribution in [-0.2, 0) is 6.54 Å². The molecule has 0 N–H and O–H groups in total. The van der Waals surface area contributed by atoms with Crippen molar-refractivity contribution in [1.29, 1.82) is 0 Å². The van der Waals surface area contributed by atoms with Crippen molar-refractivity contribution in [2.45, 2.75) is 20.4 Å². The van der Waals surface area contributed by atoms with Crippen LogP contribution in [0.15, 0.2) is 6.20 Å². The van der Waals surface area contributed by atoms with Gasteiger partial charge in [-0.2, -0.15) is 0 Å². The van der Waals surface area contributed by atoms with Crippen molar-refractivity contribution in [3.8, 4) is 0 Å². The second kappa shape index (κ2) is 3.22. The maximum absolute atomic E-state index is 5.79. The van der Waals surface area contributed by atoms with Crippen molar-refractivity contribution >= 4 is 31.0 Å². The largest absolute Gasteiger partial charge is 0.361 e. The first-order valence-electron chi connectivity index (χ1n) is 3.61. The lowest BCUT2D eigenvalue weighted by molar-refractivity contribution is 0.789. The van der Waals surface area contributed by atoms with E-state index in [0.717, 1.165) is 23.3 Å². The summed E-state index contributed by atoms with van der Waals surface area (Å²) in [6, 6.07) is 0. The lowest BCUT2D eigenvalue weighted by Gasteiger charge is -2.00. The minimum Gasteiger partial charge on any atom is -0.361 e. The molecule has 0 aliphatic carbocycles. The molecule has 0 spiro atoms. The van der Waals surface area contributed by atoms with Gasteiger partial charge < -0.3 is 4.57 Å². The number of rotatable bonds is 2. The lowest BCUT2D eigenvalue weighted by Crippen LogP contribution is -2.17. The summed E-state index contributed by atoms with van der Waals surface area (Å²) in [5, 5.41) is 1.66. The zero-order valence-corrected chi connectivity index (χ0v) is 7.61. The number of hydrogen-bond donors (Lipinski definition) is 0. The highest BCUT2D eigenvalue weighted by Gasteiger charge is 2.03. The van der Waals surface area contributed by atoms with E-state index in [9.17, 15) is 0 Å². The van der Waals surface area contributed by atoms with Gasteiger partial charge in [0, 0.05) is 23.7 Å². The van der Waals surface area contributed by atoms with Crippen LogP contribution in [-0.4, -0.2) is 17.8 Å². The fourth-order valence-corrected chi connectivity index (χ4v) is 1.32. The van der Waals surface area contributed by atoms with E-state index in [1.807, 2.05) is 17.7 Å². The zero-order chi connectivity index (χ0) is 8.43. The number of aromatic nitrogens is 1. The summed E-state index contributed by atoms with van der Waals surface area (Å²) in [6.07, 6.45) is 1.98. The number of hydrogen-bond acceptors (Lipinski definition) is 1. The lowest BCUT2D eigenvalue weighted by atomic mass is 9.99. The molecule has 1 aromatic heterocycles. The molecule has 0 aliphatic heterocycles. The summed E-state index contributed by atoms with van der Waals surface area (Å²) in [6.45, 7) is 4.94. The summed E-state index contributed by atoms with van der Waals surface area (Å²) in [5.41, 5.74) is 2.96. The van der Waals surface area contributed by atoms with Gasteiger partial charge in [-0.25, -0.2) is 0 Å². The molecule has 1 nitrogen and oxygen atoms in total. The third kappa shape index (κ3) is 1.38. The molecule has 11 heavy (non-hydrogen) atoms. The van der Waals surface area contributed by atoms with Crippen molar-refractivity contribution in [3.63, 3.8) is 0 Å². The monoisotopic (exact) mass is 163 g/mol. The Balaban J connectivity index is 3.22. The Morgan fingerprint density at radius 1 is 1.73 bits per heavy atom. The van der Waals surface area contributed by atoms with Gasteiger partial charge in [0.25, 0.3) is 0 Å². The second-order valence-corrected chi connectivity index (χ2v) is 2.73. The first-order valence-corrected chi connectivity index (χ1v) is 4.08. The first-order chi connectivity index (χ1) is 5.20. The van der Waals surface area contributed by atoms with Gasteiger partial charge in [0.05, 0.1) is 0 Å². The molecule has 0 bridgehead atoms. The van der Waals surface area contributed by atoms with Crippen molar-refractivity contribution < 1.29 is 0 Å². The predicted molar refractivity (Wildman–Crippen MR) is 53.0 cm³/mol. The topological polar surface area (TPSA) is 4.93 Å². The van der Waals surface area contributed by atoms with E-state index in [1.165, 1.54) is 0 Å². The summed E-state index contributed by atoms with van der Waals surface area (Å²) in [7, 11) is 5.79. The average Bonchev–Trinajstić information content (AvgIpc) is 2.30. The minimum atomic E-state index is 0.823. The molecular weight excluding hydrogens is 153 g/mol. The van der Waals surface area contributed by atoms with Crippen LogP contribution in [0.2, 0.25) is 0 Å². The smallest absolute Gasteiger partial charge is 0.139 e. The van der Waals surface area contributed by atoms with Crippen LogP contribution in [0.25, 0.3) is 0 Å². The molecule has 0 atom stereocenters. The van der Waals surface area contributed by atoms with E-state index in [0.29, 0.717) is 0 Å². The maximum atomic E-state index is 5.79. The van der Waals surface area contributed by atoms with E-state index in [2.05, 4.69) is 6.92 Å². The molecule has 56 valence electrons. The Morgan fingerprint density at radius 3 is 2.64 bits per heavy atom. The molecule has 0 saturated heterocycles. The third-order valence-corrected chi connectivity index (χ3v) is 2.14. The van der Waals surface area contributed by atoms with E-state index in [1.54, 1.807) is 5.37 Å². The van der Waals surface area contributed by atoms with Crippen molar-refractivity contribution in [2.75, 3.05) is 0 Å². The SMILES string of the molecule is [B]c1c(C)c(C=S)cn1CC. The highest BCUT2D eigenvalue weighted by molar-refractivity contribution is 7.79. The molecule has 0 fully saturated rings. The zero-order valence-electron chi connectivity index (χ0n) is 6.79. The number of nitrogens with zero attached hydrogens (tertiary/aromatic N) is 1. The fraction of sp³-hybridized carbons (Fsp3) is 0.375. The van der Waals surface area contributed by atoms with E-state index in [4.69, 9.17) is 20.1 Å². The summed E-state index contributed by atoms with van der Waals surface area (Å²) < 4.78 is 1.99. The molecule has 3 heteroatoms. The van der Waals surface area contributed by atoms with Gasteiger partial charge in [0.1, 0.15) is 7.85 Å². The molecule has 2 radical (unpaired) electrons. The van der Waals surface area contributed by atoms with Crippen LogP contribution in [0.3, 0.4) is 0 Å². The molecule has 0 aliphatic rings. The van der Waals surface area contributed by atoms with Crippen LogP contribution in [0, 0.1) is 6.92 Å². The standard InChI is InChI=1S/C8H10BNS/c1-3-10-4-7(5-11)6(2)8(10)9/h4-5H,3H2,1-2H3. The Morgan fingerprint density at radius 2 is 2.36 bits per heavy atom. The van der Waals surface area contributed by atoms with Gasteiger partial charge >= 0.3 is 0 Å². The van der Waals surface area contributed by atoms with E-state index < -0.39 is 0 Å². The van der Waals surface area contributed by atoms with Gasteiger partial charge in [-0.05, 0) is 25.0 Å². The Labute approximate surface area is 73.8 Å². The van der Waals surface area contributed by atoms with Gasteiger partial charge in [-0.3, -0.25) is 0 Å². The molecule has 0 saturated carbocycles. The number of thiocarbonyl (C=S) groups is 1. The number of aryl methyl sites for hydroxylation is 1. The normalized spacial score (nSPS) is 10.0. The molecule has 0 amide bonds. The maximum Gasteiger partial charge on any atom is 0.139 e. The van der Waals surface area contributed by atoms with Gasteiger partial charge in [0.15, 0.2) is 0 Å².